The molecule has 5 nitrogen and oxygen atoms in total. The minimum absolute atomic E-state index is 0.0884. The minimum atomic E-state index is -0.292. The molecule has 0 aromatic rings. The summed E-state index contributed by atoms with van der Waals surface area (Å²) in [6, 6.07) is 0. The lowest BCUT2D eigenvalue weighted by Crippen LogP contribution is -2.44. The normalized spacial score (nSPS) is 12.1. The highest BCUT2D eigenvalue weighted by molar-refractivity contribution is 9.10. The summed E-state index contributed by atoms with van der Waals surface area (Å²) >= 11 is 3.20. The smallest absolute Gasteiger partial charge is 0.241 e. The van der Waals surface area contributed by atoms with Crippen LogP contribution in [0.25, 0.3) is 0 Å². The number of likely N-dealkylation sites (N-methyl/N-ethyl adjacent to an activating group) is 1. The predicted molar refractivity (Wildman–Crippen MR) is 65.5 cm³/mol. The van der Waals surface area contributed by atoms with Gasteiger partial charge in [0.25, 0.3) is 0 Å². The van der Waals surface area contributed by atoms with E-state index >= 15 is 0 Å². The van der Waals surface area contributed by atoms with E-state index in [1.807, 2.05) is 0 Å². The Kier molecular flexibility index (Phi) is 7.33. The fraction of sp³-hybridized carbons (Fsp3) is 0.800. The van der Waals surface area contributed by atoms with E-state index in [4.69, 9.17) is 4.74 Å². The van der Waals surface area contributed by atoms with Crippen molar-refractivity contribution in [3.63, 3.8) is 0 Å². The first-order valence-electron chi connectivity index (χ1n) is 5.02. The molecule has 0 saturated carbocycles. The van der Waals surface area contributed by atoms with Crippen molar-refractivity contribution < 1.29 is 14.3 Å². The maximum Gasteiger partial charge on any atom is 0.241 e. The number of alkyl halides is 1. The molecular formula is C10H19BrN2O3. The predicted octanol–water partition coefficient (Wildman–Crippen LogP) is 0.333. The highest BCUT2D eigenvalue weighted by Gasteiger charge is 2.21. The van der Waals surface area contributed by atoms with Crippen LogP contribution in [0.1, 0.15) is 6.92 Å². The quantitative estimate of drug-likeness (QED) is 0.664. The van der Waals surface area contributed by atoms with Gasteiger partial charge in [-0.3, -0.25) is 9.59 Å². The van der Waals surface area contributed by atoms with Crippen LogP contribution in [-0.2, 0) is 14.3 Å². The van der Waals surface area contributed by atoms with Crippen LogP contribution >= 0.6 is 15.9 Å². The number of rotatable bonds is 6. The van der Waals surface area contributed by atoms with Gasteiger partial charge in [-0.15, -0.1) is 0 Å². The van der Waals surface area contributed by atoms with Crippen LogP contribution in [0, 0.1) is 0 Å². The minimum Gasteiger partial charge on any atom is -0.383 e. The third kappa shape index (κ3) is 5.46. The van der Waals surface area contributed by atoms with E-state index in [2.05, 4.69) is 15.9 Å². The van der Waals surface area contributed by atoms with Gasteiger partial charge in [0.1, 0.15) is 0 Å². The molecule has 1 atom stereocenters. The third-order valence-corrected chi connectivity index (χ3v) is 2.43. The second-order valence-electron chi connectivity index (χ2n) is 3.66. The Morgan fingerprint density at radius 3 is 2.31 bits per heavy atom. The molecule has 1 unspecified atom stereocenters. The van der Waals surface area contributed by atoms with Gasteiger partial charge in [-0.25, -0.2) is 0 Å². The number of halogens is 1. The maximum absolute atomic E-state index is 11.8. The lowest BCUT2D eigenvalue weighted by molar-refractivity contribution is -0.139. The zero-order valence-electron chi connectivity index (χ0n) is 10.2. The monoisotopic (exact) mass is 294 g/mol. The van der Waals surface area contributed by atoms with Crippen molar-refractivity contribution in [3.8, 4) is 0 Å². The highest BCUT2D eigenvalue weighted by atomic mass is 79.9. The zero-order chi connectivity index (χ0) is 12.7. The first-order valence-corrected chi connectivity index (χ1v) is 5.93. The van der Waals surface area contributed by atoms with Crippen LogP contribution in [0.5, 0.6) is 0 Å². The molecule has 2 amide bonds. The number of methoxy groups -OCH3 is 1. The average Bonchev–Trinajstić information content (AvgIpc) is 2.22. The Hall–Kier alpha value is -0.620. The van der Waals surface area contributed by atoms with Gasteiger partial charge in [-0.1, -0.05) is 15.9 Å². The van der Waals surface area contributed by atoms with Gasteiger partial charge in [0.15, 0.2) is 0 Å². The van der Waals surface area contributed by atoms with E-state index in [1.54, 1.807) is 28.1 Å². The third-order valence-electron chi connectivity index (χ3n) is 2.04. The SMILES string of the molecule is COCCN(CC(=O)N(C)C)C(=O)C(C)Br. The molecule has 0 fully saturated rings. The Bertz CT molecular complexity index is 244. The van der Waals surface area contributed by atoms with Crippen LogP contribution in [0.15, 0.2) is 0 Å². The van der Waals surface area contributed by atoms with Crippen molar-refractivity contribution in [1.29, 1.82) is 0 Å². The van der Waals surface area contributed by atoms with Crippen LogP contribution in [0.4, 0.5) is 0 Å². The van der Waals surface area contributed by atoms with Gasteiger partial charge in [-0.05, 0) is 6.92 Å². The summed E-state index contributed by atoms with van der Waals surface area (Å²) in [4.78, 5) is 25.9. The zero-order valence-corrected chi connectivity index (χ0v) is 11.8. The van der Waals surface area contributed by atoms with Crippen LogP contribution in [0.2, 0.25) is 0 Å². The van der Waals surface area contributed by atoms with Crippen molar-refractivity contribution in [2.45, 2.75) is 11.8 Å². The van der Waals surface area contributed by atoms with Crippen molar-refractivity contribution in [2.75, 3.05) is 40.9 Å². The molecule has 0 aliphatic heterocycles. The van der Waals surface area contributed by atoms with Gasteiger partial charge >= 0.3 is 0 Å². The maximum atomic E-state index is 11.8. The number of nitrogens with zero attached hydrogens (tertiary/aromatic N) is 2. The second-order valence-corrected chi connectivity index (χ2v) is 5.03. The molecular weight excluding hydrogens is 276 g/mol. The van der Waals surface area contributed by atoms with E-state index in [1.165, 1.54) is 9.80 Å². The van der Waals surface area contributed by atoms with Crippen molar-refractivity contribution in [2.24, 2.45) is 0 Å². The van der Waals surface area contributed by atoms with Crippen LogP contribution < -0.4 is 0 Å². The highest BCUT2D eigenvalue weighted by Crippen LogP contribution is 2.04. The van der Waals surface area contributed by atoms with Gasteiger partial charge in [0.05, 0.1) is 18.0 Å². The van der Waals surface area contributed by atoms with Crippen molar-refractivity contribution in [1.82, 2.24) is 9.80 Å². The fourth-order valence-corrected chi connectivity index (χ4v) is 1.31. The molecule has 0 aliphatic rings. The summed E-state index contributed by atoms with van der Waals surface area (Å²) in [5.41, 5.74) is 0. The molecule has 0 aromatic carbocycles. The van der Waals surface area contributed by atoms with Gasteiger partial charge < -0.3 is 14.5 Å². The number of carbonyl (C=O) groups is 2. The molecule has 0 bridgehead atoms. The first-order chi connectivity index (χ1) is 7.40. The Morgan fingerprint density at radius 1 is 1.38 bits per heavy atom. The molecule has 0 saturated heterocycles. The standard InChI is InChI=1S/C10H19BrN2O3/c1-8(11)10(15)13(5-6-16-4)7-9(14)12(2)3/h8H,5-7H2,1-4H3. The Morgan fingerprint density at radius 2 is 1.94 bits per heavy atom. The van der Waals surface area contributed by atoms with E-state index < -0.39 is 0 Å². The van der Waals surface area contributed by atoms with Gasteiger partial charge in [0.2, 0.25) is 11.8 Å². The number of carbonyl (C=O) groups excluding carboxylic acids is 2. The summed E-state index contributed by atoms with van der Waals surface area (Å²) < 4.78 is 4.91. The number of hydrogen-bond donors (Lipinski definition) is 0. The fourth-order valence-electron chi connectivity index (χ4n) is 1.02. The molecule has 16 heavy (non-hydrogen) atoms. The van der Waals surface area contributed by atoms with Crippen LogP contribution in [0.3, 0.4) is 0 Å². The topological polar surface area (TPSA) is 49.9 Å². The van der Waals surface area contributed by atoms with Gasteiger partial charge in [0, 0.05) is 27.7 Å². The second kappa shape index (κ2) is 7.62. The molecule has 0 N–H and O–H groups in total. The van der Waals surface area contributed by atoms with E-state index in [-0.39, 0.29) is 23.2 Å². The molecule has 0 spiro atoms. The van der Waals surface area contributed by atoms with E-state index in [0.717, 1.165) is 0 Å². The Labute approximate surface area is 105 Å². The molecule has 0 aromatic heterocycles. The van der Waals surface area contributed by atoms with Crippen LogP contribution in [-0.4, -0.2) is 67.3 Å². The summed E-state index contributed by atoms with van der Waals surface area (Å²) in [5, 5.41) is 0. The summed E-state index contributed by atoms with van der Waals surface area (Å²) in [6.07, 6.45) is 0. The van der Waals surface area contributed by atoms with E-state index in [0.29, 0.717) is 13.2 Å². The molecule has 6 heteroatoms. The summed E-state index contributed by atoms with van der Waals surface area (Å²) in [5.74, 6) is -0.204. The molecule has 0 radical (unpaired) electrons. The molecule has 0 rings (SSSR count). The van der Waals surface area contributed by atoms with Crippen molar-refractivity contribution >= 4 is 27.7 Å². The molecule has 94 valence electrons. The number of hydrogen-bond acceptors (Lipinski definition) is 3. The van der Waals surface area contributed by atoms with E-state index in [9.17, 15) is 9.59 Å². The first kappa shape index (κ1) is 15.4. The largest absolute Gasteiger partial charge is 0.383 e. The lowest BCUT2D eigenvalue weighted by atomic mass is 10.3. The number of ether oxygens (including phenoxy) is 1. The van der Waals surface area contributed by atoms with Gasteiger partial charge in [-0.2, -0.15) is 0 Å². The number of amides is 2. The Balaban J connectivity index is 4.42. The summed E-state index contributed by atoms with van der Waals surface area (Å²) in [7, 11) is 4.89. The lowest BCUT2D eigenvalue weighted by Gasteiger charge is -2.24. The molecule has 0 aliphatic carbocycles. The molecule has 0 heterocycles. The average molecular weight is 295 g/mol. The van der Waals surface area contributed by atoms with Crippen molar-refractivity contribution in [3.05, 3.63) is 0 Å². The summed E-state index contributed by atoms with van der Waals surface area (Å²) in [6.45, 7) is 2.67.